The molecule has 0 bridgehead atoms. The van der Waals surface area contributed by atoms with Gasteiger partial charge in [-0.3, -0.25) is 4.79 Å². The molecule has 2 aromatic rings. The van der Waals surface area contributed by atoms with Gasteiger partial charge in [0, 0.05) is 5.56 Å². The van der Waals surface area contributed by atoms with Gasteiger partial charge in [-0.05, 0) is 26.0 Å². The van der Waals surface area contributed by atoms with Gasteiger partial charge >= 0.3 is 0 Å². The van der Waals surface area contributed by atoms with E-state index in [-0.39, 0.29) is 17.1 Å². The fourth-order valence-corrected chi connectivity index (χ4v) is 1.93. The smallest absolute Gasteiger partial charge is 0.205 e. The average molecular weight is 324 g/mol. The van der Waals surface area contributed by atoms with Crippen LogP contribution in [0.1, 0.15) is 29.8 Å². The van der Waals surface area contributed by atoms with E-state index in [4.69, 9.17) is 4.74 Å². The van der Waals surface area contributed by atoms with Crippen LogP contribution in [0.4, 0.5) is 17.6 Å². The molecule has 120 valence electrons. The number of halogens is 4. The number of hydrogen-bond acceptors (Lipinski definition) is 2. The zero-order chi connectivity index (χ0) is 17.1. The third-order valence-electron chi connectivity index (χ3n) is 3.05. The Balaban J connectivity index is 2.53. The molecule has 0 aliphatic heterocycles. The highest BCUT2D eigenvalue weighted by Crippen LogP contribution is 2.34. The van der Waals surface area contributed by atoms with Gasteiger partial charge in [-0.2, -0.15) is 8.78 Å². The van der Waals surface area contributed by atoms with Crippen LogP contribution in [0.2, 0.25) is 0 Å². The highest BCUT2D eigenvalue weighted by atomic mass is 19.2. The lowest BCUT2D eigenvalue weighted by Gasteiger charge is -2.11. The zero-order valence-corrected chi connectivity index (χ0v) is 12.3. The maximum atomic E-state index is 14.0. The number of rotatable bonds is 4. The zero-order valence-electron chi connectivity index (χ0n) is 12.3. The molecule has 0 saturated carbocycles. The maximum absolute atomic E-state index is 14.0. The molecule has 2 rings (SSSR count). The Morgan fingerprint density at radius 2 is 1.65 bits per heavy atom. The summed E-state index contributed by atoms with van der Waals surface area (Å²) in [4.78, 5) is 11.3. The lowest BCUT2D eigenvalue weighted by Crippen LogP contribution is -2.04. The summed E-state index contributed by atoms with van der Waals surface area (Å²) in [5.74, 6) is -8.02. The van der Waals surface area contributed by atoms with Crippen molar-refractivity contribution in [2.45, 2.75) is 13.8 Å². The van der Waals surface area contributed by atoms with Crippen molar-refractivity contribution < 1.29 is 27.1 Å². The Morgan fingerprint density at radius 3 is 2.17 bits per heavy atom. The second-order valence-electron chi connectivity index (χ2n) is 4.68. The number of allylic oxidation sites excluding steroid dienone is 1. The number of benzene rings is 2. The highest BCUT2D eigenvalue weighted by Gasteiger charge is 2.26. The molecule has 0 radical (unpaired) electrons. The third kappa shape index (κ3) is 3.26. The second-order valence-corrected chi connectivity index (χ2v) is 4.68. The maximum Gasteiger partial charge on any atom is 0.205 e. The average Bonchev–Trinajstić information content (AvgIpc) is 2.54. The number of carbonyl (C=O) groups excluding carboxylic acids is 1. The van der Waals surface area contributed by atoms with Crippen molar-refractivity contribution in [2.24, 2.45) is 0 Å². The van der Waals surface area contributed by atoms with Crippen LogP contribution in [0.3, 0.4) is 0 Å². The lowest BCUT2D eigenvalue weighted by atomic mass is 10.1. The molecule has 0 unspecified atom stereocenters. The predicted octanol–water partition coefficient (Wildman–Crippen LogP) is 5.27. The Bertz CT molecular complexity index is 768. The molecule has 0 aromatic heterocycles. The van der Waals surface area contributed by atoms with Crippen molar-refractivity contribution in [3.05, 3.63) is 64.7 Å². The van der Waals surface area contributed by atoms with Crippen molar-refractivity contribution in [2.75, 3.05) is 0 Å². The first kappa shape index (κ1) is 16.7. The monoisotopic (exact) mass is 324 g/mol. The van der Waals surface area contributed by atoms with E-state index in [0.29, 0.717) is 0 Å². The molecular weight excluding hydrogens is 312 g/mol. The van der Waals surface area contributed by atoms with Gasteiger partial charge in [0.05, 0.1) is 5.56 Å². The van der Waals surface area contributed by atoms with Crippen LogP contribution in [0.5, 0.6) is 11.5 Å². The molecule has 0 spiro atoms. The van der Waals surface area contributed by atoms with Gasteiger partial charge in [0.1, 0.15) is 5.75 Å². The van der Waals surface area contributed by atoms with Crippen molar-refractivity contribution in [1.82, 2.24) is 0 Å². The quantitative estimate of drug-likeness (QED) is 0.435. The minimum absolute atomic E-state index is 0.118. The van der Waals surface area contributed by atoms with E-state index in [1.807, 2.05) is 0 Å². The topological polar surface area (TPSA) is 26.3 Å². The standard InChI is InChI=1S/C17H12F4O2/c1-3-5-12-13(18)15(20)17(16(21)14(12)19)23-11-7-4-6-10(8-11)9(2)22/h3-8H,1-2H3/b5-3+. The third-order valence-corrected chi connectivity index (χ3v) is 3.05. The molecule has 2 nitrogen and oxygen atoms in total. The van der Waals surface area contributed by atoms with E-state index in [0.717, 1.165) is 6.08 Å². The second kappa shape index (κ2) is 6.64. The summed E-state index contributed by atoms with van der Waals surface area (Å²) in [6.45, 7) is 2.75. The molecule has 2 aromatic carbocycles. The van der Waals surface area contributed by atoms with Gasteiger partial charge < -0.3 is 4.74 Å². The molecule has 0 fully saturated rings. The van der Waals surface area contributed by atoms with Crippen molar-refractivity contribution >= 4 is 11.9 Å². The SMILES string of the molecule is C/C=C/c1c(F)c(F)c(Oc2cccc(C(C)=O)c2)c(F)c1F. The molecule has 0 amide bonds. The van der Waals surface area contributed by atoms with E-state index in [1.165, 1.54) is 44.2 Å². The van der Waals surface area contributed by atoms with E-state index < -0.39 is 34.6 Å². The van der Waals surface area contributed by atoms with Crippen molar-refractivity contribution in [1.29, 1.82) is 0 Å². The van der Waals surface area contributed by atoms with E-state index >= 15 is 0 Å². The normalized spacial score (nSPS) is 11.0. The van der Waals surface area contributed by atoms with Crippen LogP contribution in [-0.4, -0.2) is 5.78 Å². The van der Waals surface area contributed by atoms with Crippen LogP contribution in [0.25, 0.3) is 6.08 Å². The molecule has 0 aliphatic carbocycles. The van der Waals surface area contributed by atoms with Crippen LogP contribution >= 0.6 is 0 Å². The fourth-order valence-electron chi connectivity index (χ4n) is 1.93. The van der Waals surface area contributed by atoms with Gasteiger partial charge in [0.25, 0.3) is 0 Å². The Hall–Kier alpha value is -2.63. The lowest BCUT2D eigenvalue weighted by molar-refractivity contribution is 0.101. The molecule has 0 heterocycles. The first-order valence-corrected chi connectivity index (χ1v) is 6.64. The van der Waals surface area contributed by atoms with E-state index in [2.05, 4.69) is 0 Å². The summed E-state index contributed by atoms with van der Waals surface area (Å²) >= 11 is 0. The number of ketones is 1. The Kier molecular flexibility index (Phi) is 4.83. The minimum atomic E-state index is -1.65. The van der Waals surface area contributed by atoms with Crippen LogP contribution in [0.15, 0.2) is 30.3 Å². The Labute approximate surface area is 130 Å². The van der Waals surface area contributed by atoms with Gasteiger partial charge in [-0.25, -0.2) is 8.78 Å². The van der Waals surface area contributed by atoms with Gasteiger partial charge in [0.2, 0.25) is 17.4 Å². The summed E-state index contributed by atoms with van der Waals surface area (Å²) in [5, 5.41) is 0. The first-order valence-electron chi connectivity index (χ1n) is 6.64. The van der Waals surface area contributed by atoms with Crippen LogP contribution in [0, 0.1) is 23.3 Å². The minimum Gasteiger partial charge on any atom is -0.451 e. The van der Waals surface area contributed by atoms with Gasteiger partial charge in [0.15, 0.2) is 17.4 Å². The van der Waals surface area contributed by atoms with E-state index in [1.54, 1.807) is 0 Å². The summed E-state index contributed by atoms with van der Waals surface area (Å²) in [6.07, 6.45) is 2.16. The fraction of sp³-hybridized carbons (Fsp3) is 0.118. The molecule has 0 atom stereocenters. The molecule has 0 saturated heterocycles. The summed E-state index contributed by atoms with van der Waals surface area (Å²) in [7, 11) is 0. The van der Waals surface area contributed by atoms with Crippen LogP contribution in [-0.2, 0) is 0 Å². The largest absolute Gasteiger partial charge is 0.451 e. The van der Waals surface area contributed by atoms with Crippen LogP contribution < -0.4 is 4.74 Å². The summed E-state index contributed by atoms with van der Waals surface area (Å²) in [5.41, 5.74) is -0.595. The molecule has 6 heteroatoms. The summed E-state index contributed by atoms with van der Waals surface area (Å²) in [6, 6.07) is 5.42. The predicted molar refractivity (Wildman–Crippen MR) is 77.5 cm³/mol. The van der Waals surface area contributed by atoms with E-state index in [9.17, 15) is 22.4 Å². The number of ether oxygens (including phenoxy) is 1. The van der Waals surface area contributed by atoms with Gasteiger partial charge in [-0.1, -0.05) is 24.3 Å². The van der Waals surface area contributed by atoms with Crippen molar-refractivity contribution in [3.63, 3.8) is 0 Å². The van der Waals surface area contributed by atoms with Crippen molar-refractivity contribution in [3.8, 4) is 11.5 Å². The number of Topliss-reactive ketones (excluding diaryl/α,β-unsaturated/α-hetero) is 1. The number of hydrogen-bond donors (Lipinski definition) is 0. The molecule has 23 heavy (non-hydrogen) atoms. The van der Waals surface area contributed by atoms with Gasteiger partial charge in [-0.15, -0.1) is 0 Å². The first-order chi connectivity index (χ1) is 10.9. The molecule has 0 N–H and O–H groups in total. The summed E-state index contributed by atoms with van der Waals surface area (Å²) < 4.78 is 60.5. The number of carbonyl (C=O) groups is 1. The highest BCUT2D eigenvalue weighted by molar-refractivity contribution is 5.94. The molecule has 0 aliphatic rings. The Morgan fingerprint density at radius 1 is 1.04 bits per heavy atom. The molecular formula is C17H12F4O2.